The Hall–Kier alpha value is -0.340. The van der Waals surface area contributed by atoms with Gasteiger partial charge in [-0.25, -0.2) is 5.48 Å². The van der Waals surface area contributed by atoms with Gasteiger partial charge in [0.15, 0.2) is 0 Å². The second kappa shape index (κ2) is 6.21. The predicted octanol–water partition coefficient (Wildman–Crippen LogP) is 2.66. The molecule has 0 radical (unpaired) electrons. The summed E-state index contributed by atoms with van der Waals surface area (Å²) in [4.78, 5) is 5.33. The zero-order chi connectivity index (χ0) is 9.45. The highest BCUT2D eigenvalue weighted by Gasteiger charge is 2.08. The molecule has 0 fully saturated rings. The Morgan fingerprint density at radius 3 is 2.50 bits per heavy atom. The summed E-state index contributed by atoms with van der Waals surface area (Å²) >= 11 is 0. The lowest BCUT2D eigenvalue weighted by Crippen LogP contribution is -2.29. The molecule has 0 aliphatic carbocycles. The van der Waals surface area contributed by atoms with Crippen molar-refractivity contribution in [1.82, 2.24) is 5.48 Å². The highest BCUT2D eigenvalue weighted by atomic mass is 16.7. The van der Waals surface area contributed by atoms with E-state index in [4.69, 9.17) is 4.84 Å². The van der Waals surface area contributed by atoms with Gasteiger partial charge in [-0.1, -0.05) is 6.08 Å². The van der Waals surface area contributed by atoms with Crippen LogP contribution in [0.4, 0.5) is 0 Å². The predicted molar refractivity (Wildman–Crippen MR) is 52.9 cm³/mol. The topological polar surface area (TPSA) is 21.3 Å². The van der Waals surface area contributed by atoms with Gasteiger partial charge < -0.3 is 0 Å². The minimum Gasteiger partial charge on any atom is -0.296 e. The van der Waals surface area contributed by atoms with Gasteiger partial charge in [-0.2, -0.15) is 0 Å². The molecule has 0 heterocycles. The first-order valence-corrected chi connectivity index (χ1v) is 4.58. The summed E-state index contributed by atoms with van der Waals surface area (Å²) in [5.41, 5.74) is 2.87. The quantitative estimate of drug-likeness (QED) is 0.377. The molecule has 1 N–H and O–H groups in total. The van der Waals surface area contributed by atoms with Crippen LogP contribution in [0.15, 0.2) is 12.7 Å². The third kappa shape index (κ3) is 9.66. The van der Waals surface area contributed by atoms with E-state index in [0.717, 1.165) is 19.4 Å². The van der Waals surface area contributed by atoms with Gasteiger partial charge >= 0.3 is 0 Å². The van der Waals surface area contributed by atoms with E-state index >= 15 is 0 Å². The third-order valence-electron chi connectivity index (χ3n) is 1.32. The van der Waals surface area contributed by atoms with Crippen molar-refractivity contribution in [3.63, 3.8) is 0 Å². The molecular weight excluding hydrogens is 150 g/mol. The average Bonchev–Trinajstić information content (AvgIpc) is 1.94. The lowest BCUT2D eigenvalue weighted by atomic mass is 10.2. The molecule has 0 amide bonds. The van der Waals surface area contributed by atoms with E-state index in [1.165, 1.54) is 6.42 Å². The van der Waals surface area contributed by atoms with E-state index < -0.39 is 0 Å². The maximum atomic E-state index is 5.33. The molecule has 0 spiro atoms. The highest BCUT2D eigenvalue weighted by molar-refractivity contribution is 4.65. The van der Waals surface area contributed by atoms with E-state index in [0.29, 0.717) is 0 Å². The van der Waals surface area contributed by atoms with Crippen molar-refractivity contribution in [2.24, 2.45) is 0 Å². The Morgan fingerprint density at radius 1 is 1.33 bits per heavy atom. The van der Waals surface area contributed by atoms with Crippen LogP contribution < -0.4 is 5.48 Å². The first kappa shape index (κ1) is 11.7. The summed E-state index contributed by atoms with van der Waals surface area (Å²) < 4.78 is 0. The molecular formula is C10H21NO. The van der Waals surface area contributed by atoms with E-state index in [9.17, 15) is 0 Å². The number of hydrogen-bond acceptors (Lipinski definition) is 2. The van der Waals surface area contributed by atoms with Gasteiger partial charge in [0.05, 0.1) is 5.60 Å². The van der Waals surface area contributed by atoms with Crippen molar-refractivity contribution < 1.29 is 4.84 Å². The van der Waals surface area contributed by atoms with Gasteiger partial charge in [-0.3, -0.25) is 4.84 Å². The molecule has 0 unspecified atom stereocenters. The second-order valence-electron chi connectivity index (χ2n) is 3.89. The molecule has 0 aromatic rings. The molecule has 0 bridgehead atoms. The normalized spacial score (nSPS) is 11.6. The molecule has 0 saturated heterocycles. The Bertz CT molecular complexity index is 115. The van der Waals surface area contributed by atoms with Crippen LogP contribution in [0.25, 0.3) is 0 Å². The smallest absolute Gasteiger partial charge is 0.0812 e. The molecule has 0 aromatic carbocycles. The number of hydroxylamine groups is 1. The van der Waals surface area contributed by atoms with Crippen molar-refractivity contribution in [3.8, 4) is 0 Å². The van der Waals surface area contributed by atoms with Crippen LogP contribution in [0.1, 0.15) is 40.0 Å². The highest BCUT2D eigenvalue weighted by Crippen LogP contribution is 2.03. The van der Waals surface area contributed by atoms with Crippen LogP contribution in [-0.4, -0.2) is 12.1 Å². The molecule has 12 heavy (non-hydrogen) atoms. The van der Waals surface area contributed by atoms with Crippen LogP contribution in [0, 0.1) is 0 Å². The minimum absolute atomic E-state index is 0.0849. The van der Waals surface area contributed by atoms with Crippen LogP contribution in [0.5, 0.6) is 0 Å². The molecule has 0 saturated carbocycles. The van der Waals surface area contributed by atoms with Crippen molar-refractivity contribution in [3.05, 3.63) is 12.7 Å². The first-order valence-electron chi connectivity index (χ1n) is 4.58. The monoisotopic (exact) mass is 171 g/mol. The number of hydrogen-bond donors (Lipinski definition) is 1. The number of nitrogens with one attached hydrogen (secondary N) is 1. The van der Waals surface area contributed by atoms with Crippen molar-refractivity contribution in [2.75, 3.05) is 6.54 Å². The first-order chi connectivity index (χ1) is 5.56. The SMILES string of the molecule is C=CCCCCNOC(C)(C)C. The summed E-state index contributed by atoms with van der Waals surface area (Å²) in [7, 11) is 0. The van der Waals surface area contributed by atoms with E-state index in [1.54, 1.807) is 0 Å². The molecule has 0 aliphatic rings. The number of allylic oxidation sites excluding steroid dienone is 1. The van der Waals surface area contributed by atoms with Crippen LogP contribution in [0.3, 0.4) is 0 Å². The number of rotatable bonds is 6. The molecule has 2 nitrogen and oxygen atoms in total. The molecule has 72 valence electrons. The average molecular weight is 171 g/mol. The van der Waals surface area contributed by atoms with Crippen LogP contribution in [-0.2, 0) is 4.84 Å². The molecule has 0 aliphatic heterocycles. The minimum atomic E-state index is -0.0849. The van der Waals surface area contributed by atoms with Gasteiger partial charge in [0, 0.05) is 6.54 Å². The number of unbranched alkanes of at least 4 members (excludes halogenated alkanes) is 2. The van der Waals surface area contributed by atoms with Gasteiger partial charge in [0.2, 0.25) is 0 Å². The summed E-state index contributed by atoms with van der Waals surface area (Å²) in [6.07, 6.45) is 5.37. The Morgan fingerprint density at radius 2 is 2.00 bits per heavy atom. The largest absolute Gasteiger partial charge is 0.296 e. The van der Waals surface area contributed by atoms with Crippen LogP contribution >= 0.6 is 0 Å². The third-order valence-corrected chi connectivity index (χ3v) is 1.32. The fourth-order valence-corrected chi connectivity index (χ4v) is 0.753. The molecule has 0 rings (SSSR count). The van der Waals surface area contributed by atoms with Gasteiger partial charge in [-0.15, -0.1) is 6.58 Å². The Balaban J connectivity index is 3.06. The summed E-state index contributed by atoms with van der Waals surface area (Å²) in [6, 6.07) is 0. The summed E-state index contributed by atoms with van der Waals surface area (Å²) in [6.45, 7) is 10.7. The molecule has 2 heteroatoms. The Labute approximate surface area is 76.0 Å². The Kier molecular flexibility index (Phi) is 6.03. The van der Waals surface area contributed by atoms with Crippen molar-refractivity contribution in [1.29, 1.82) is 0 Å². The van der Waals surface area contributed by atoms with Crippen LogP contribution in [0.2, 0.25) is 0 Å². The zero-order valence-corrected chi connectivity index (χ0v) is 8.52. The summed E-state index contributed by atoms with van der Waals surface area (Å²) in [5.74, 6) is 0. The molecule has 0 aromatic heterocycles. The lowest BCUT2D eigenvalue weighted by molar-refractivity contribution is -0.0725. The van der Waals surface area contributed by atoms with E-state index in [-0.39, 0.29) is 5.60 Å². The fourth-order valence-electron chi connectivity index (χ4n) is 0.753. The van der Waals surface area contributed by atoms with Crippen molar-refractivity contribution >= 4 is 0 Å². The van der Waals surface area contributed by atoms with Crippen molar-refractivity contribution in [2.45, 2.75) is 45.6 Å². The van der Waals surface area contributed by atoms with E-state index in [1.807, 2.05) is 26.8 Å². The lowest BCUT2D eigenvalue weighted by Gasteiger charge is -2.19. The maximum Gasteiger partial charge on any atom is 0.0812 e. The standard InChI is InChI=1S/C10H21NO/c1-5-6-7-8-9-11-12-10(2,3)4/h5,11H,1,6-9H2,2-4H3. The van der Waals surface area contributed by atoms with E-state index in [2.05, 4.69) is 12.1 Å². The maximum absolute atomic E-state index is 5.33. The van der Waals surface area contributed by atoms with Gasteiger partial charge in [-0.05, 0) is 40.0 Å². The summed E-state index contributed by atoms with van der Waals surface area (Å²) in [5, 5.41) is 0. The molecule has 0 atom stereocenters. The second-order valence-corrected chi connectivity index (χ2v) is 3.89. The van der Waals surface area contributed by atoms with Gasteiger partial charge in [0.25, 0.3) is 0 Å². The fraction of sp³-hybridized carbons (Fsp3) is 0.800. The zero-order valence-electron chi connectivity index (χ0n) is 8.52. The van der Waals surface area contributed by atoms with Gasteiger partial charge in [0.1, 0.15) is 0 Å².